The fourth-order valence-electron chi connectivity index (χ4n) is 4.25. The van der Waals surface area contributed by atoms with E-state index in [1.807, 2.05) is 14.1 Å². The number of rotatable bonds is 4. The monoisotopic (exact) mass is 389 g/mol. The number of nitrogens with one attached hydrogen (secondary N) is 1. The van der Waals surface area contributed by atoms with Gasteiger partial charge in [-0.2, -0.15) is 0 Å². The van der Waals surface area contributed by atoms with Gasteiger partial charge in [-0.3, -0.25) is 14.6 Å². The molecule has 1 N–H and O–H groups in total. The first-order chi connectivity index (χ1) is 13.5. The lowest BCUT2D eigenvalue weighted by Crippen LogP contribution is -2.55. The Bertz CT molecular complexity index is 699. The first-order valence-corrected chi connectivity index (χ1v) is 9.97. The highest BCUT2D eigenvalue weighted by Crippen LogP contribution is 2.39. The summed E-state index contributed by atoms with van der Waals surface area (Å²) in [6, 6.07) is 3.42. The van der Waals surface area contributed by atoms with Crippen LogP contribution in [0.25, 0.3) is 0 Å². The normalized spacial score (nSPS) is 19.6. The summed E-state index contributed by atoms with van der Waals surface area (Å²) in [4.78, 5) is 35.2. The molecule has 2 heterocycles. The number of guanidine groups is 1. The maximum Gasteiger partial charge on any atom is 0.289 e. The second-order valence-electron chi connectivity index (χ2n) is 7.84. The van der Waals surface area contributed by atoms with Crippen LogP contribution >= 0.6 is 0 Å². The van der Waals surface area contributed by atoms with Gasteiger partial charge in [0, 0.05) is 53.9 Å². The molecule has 0 spiro atoms. The summed E-state index contributed by atoms with van der Waals surface area (Å²) < 4.78 is 5.22. The molecule has 0 radical (unpaired) electrons. The molecule has 0 bridgehead atoms. The Morgan fingerprint density at radius 2 is 1.82 bits per heavy atom. The minimum absolute atomic E-state index is 0.0749. The Morgan fingerprint density at radius 3 is 2.36 bits per heavy atom. The van der Waals surface area contributed by atoms with Crippen LogP contribution in [-0.2, 0) is 4.79 Å². The van der Waals surface area contributed by atoms with Crippen LogP contribution in [0.5, 0.6) is 0 Å². The molecule has 8 heteroatoms. The first kappa shape index (κ1) is 20.2. The minimum Gasteiger partial charge on any atom is -0.459 e. The van der Waals surface area contributed by atoms with Crippen LogP contribution in [0, 0.1) is 5.41 Å². The predicted molar refractivity (Wildman–Crippen MR) is 107 cm³/mol. The van der Waals surface area contributed by atoms with Crippen LogP contribution in [0.3, 0.4) is 0 Å². The largest absolute Gasteiger partial charge is 0.459 e. The third-order valence-electron chi connectivity index (χ3n) is 5.82. The molecule has 1 aliphatic carbocycles. The summed E-state index contributed by atoms with van der Waals surface area (Å²) in [7, 11) is 5.41. The molecule has 28 heavy (non-hydrogen) atoms. The van der Waals surface area contributed by atoms with Crippen LogP contribution in [0.2, 0.25) is 0 Å². The topological polar surface area (TPSA) is 81.4 Å². The van der Waals surface area contributed by atoms with Crippen LogP contribution in [-0.4, -0.2) is 86.3 Å². The first-order valence-electron chi connectivity index (χ1n) is 9.97. The summed E-state index contributed by atoms with van der Waals surface area (Å²) in [5, 5.41) is 3.44. The van der Waals surface area contributed by atoms with E-state index in [2.05, 4.69) is 15.2 Å². The number of hydrogen-bond donors (Lipinski definition) is 1. The average Bonchev–Trinajstić information content (AvgIpc) is 3.40. The van der Waals surface area contributed by atoms with Crippen molar-refractivity contribution in [2.24, 2.45) is 10.4 Å². The van der Waals surface area contributed by atoms with E-state index in [1.165, 1.54) is 6.26 Å². The molecule has 2 fully saturated rings. The fourth-order valence-corrected chi connectivity index (χ4v) is 4.25. The molecule has 1 saturated heterocycles. The maximum atomic E-state index is 12.8. The number of furan rings is 1. The quantitative estimate of drug-likeness (QED) is 0.619. The molecule has 2 amide bonds. The van der Waals surface area contributed by atoms with Gasteiger partial charge in [0.2, 0.25) is 5.91 Å². The van der Waals surface area contributed by atoms with Crippen molar-refractivity contribution in [1.29, 1.82) is 0 Å². The molecule has 1 saturated carbocycles. The summed E-state index contributed by atoms with van der Waals surface area (Å²) in [5.74, 6) is 1.29. The lowest BCUT2D eigenvalue weighted by molar-refractivity contribution is -0.138. The molecule has 1 aliphatic heterocycles. The average molecular weight is 390 g/mol. The van der Waals surface area contributed by atoms with Crippen LogP contribution in [0.4, 0.5) is 0 Å². The van der Waals surface area contributed by atoms with Gasteiger partial charge in [-0.25, -0.2) is 0 Å². The molecule has 0 unspecified atom stereocenters. The third kappa shape index (κ3) is 4.15. The van der Waals surface area contributed by atoms with E-state index in [-0.39, 0.29) is 17.2 Å². The van der Waals surface area contributed by atoms with Crippen molar-refractivity contribution in [3.8, 4) is 0 Å². The van der Waals surface area contributed by atoms with Crippen molar-refractivity contribution >= 4 is 17.8 Å². The van der Waals surface area contributed by atoms with Crippen LogP contribution < -0.4 is 5.32 Å². The zero-order chi connectivity index (χ0) is 20.1. The van der Waals surface area contributed by atoms with Crippen molar-refractivity contribution in [2.75, 3.05) is 53.9 Å². The second-order valence-corrected chi connectivity index (χ2v) is 7.84. The number of nitrogens with zero attached hydrogens (tertiary/aromatic N) is 4. The van der Waals surface area contributed by atoms with Gasteiger partial charge in [0.1, 0.15) is 0 Å². The van der Waals surface area contributed by atoms with Crippen molar-refractivity contribution in [2.45, 2.75) is 25.7 Å². The van der Waals surface area contributed by atoms with Crippen molar-refractivity contribution in [3.05, 3.63) is 24.2 Å². The van der Waals surface area contributed by atoms with Crippen molar-refractivity contribution < 1.29 is 14.0 Å². The summed E-state index contributed by atoms with van der Waals surface area (Å²) in [6.45, 7) is 3.22. The van der Waals surface area contributed by atoms with E-state index in [1.54, 1.807) is 29.0 Å². The lowest BCUT2D eigenvalue weighted by Gasteiger charge is -2.37. The second kappa shape index (κ2) is 8.67. The Kier molecular flexibility index (Phi) is 6.26. The van der Waals surface area contributed by atoms with Crippen LogP contribution in [0.15, 0.2) is 27.8 Å². The smallest absolute Gasteiger partial charge is 0.289 e. The molecule has 8 nitrogen and oxygen atoms in total. The van der Waals surface area contributed by atoms with Gasteiger partial charge in [-0.15, -0.1) is 0 Å². The van der Waals surface area contributed by atoms with E-state index in [0.29, 0.717) is 38.5 Å². The maximum absolute atomic E-state index is 12.8. The summed E-state index contributed by atoms with van der Waals surface area (Å²) >= 11 is 0. The Balaban J connectivity index is 1.56. The molecular formula is C20H31N5O3. The van der Waals surface area contributed by atoms with E-state index in [9.17, 15) is 9.59 Å². The molecule has 154 valence electrons. The van der Waals surface area contributed by atoms with Gasteiger partial charge in [-0.1, -0.05) is 12.8 Å². The van der Waals surface area contributed by atoms with Gasteiger partial charge in [0.15, 0.2) is 11.7 Å². The summed E-state index contributed by atoms with van der Waals surface area (Å²) in [5.41, 5.74) is -0.337. The molecule has 0 atom stereocenters. The van der Waals surface area contributed by atoms with Crippen LogP contribution in [0.1, 0.15) is 36.2 Å². The van der Waals surface area contributed by atoms with Gasteiger partial charge >= 0.3 is 0 Å². The zero-order valence-corrected chi connectivity index (χ0v) is 17.1. The van der Waals surface area contributed by atoms with Gasteiger partial charge in [0.25, 0.3) is 5.91 Å². The van der Waals surface area contributed by atoms with E-state index >= 15 is 0 Å². The van der Waals surface area contributed by atoms with E-state index < -0.39 is 0 Å². The van der Waals surface area contributed by atoms with Gasteiger partial charge in [-0.05, 0) is 25.0 Å². The Labute approximate surface area is 166 Å². The zero-order valence-electron chi connectivity index (χ0n) is 17.1. The lowest BCUT2D eigenvalue weighted by atomic mass is 9.84. The van der Waals surface area contributed by atoms with E-state index in [4.69, 9.17) is 4.42 Å². The SMILES string of the molecule is CN=C(NCC1(C(=O)N(C)C)CCCC1)N1CCN(C(=O)c2ccco2)CC1. The number of piperazine rings is 1. The van der Waals surface area contributed by atoms with Crippen molar-refractivity contribution in [3.63, 3.8) is 0 Å². The Morgan fingerprint density at radius 1 is 1.18 bits per heavy atom. The highest BCUT2D eigenvalue weighted by Gasteiger charge is 2.42. The highest BCUT2D eigenvalue weighted by atomic mass is 16.3. The van der Waals surface area contributed by atoms with Gasteiger partial charge < -0.3 is 24.4 Å². The van der Waals surface area contributed by atoms with E-state index in [0.717, 1.165) is 31.6 Å². The number of amides is 2. The molecule has 0 aromatic carbocycles. The molecule has 1 aromatic heterocycles. The highest BCUT2D eigenvalue weighted by molar-refractivity contribution is 5.91. The fraction of sp³-hybridized carbons (Fsp3) is 0.650. The molecular weight excluding hydrogens is 358 g/mol. The number of aliphatic imine (C=N–C) groups is 1. The summed E-state index contributed by atoms with van der Waals surface area (Å²) in [6.07, 6.45) is 5.53. The van der Waals surface area contributed by atoms with Crippen molar-refractivity contribution in [1.82, 2.24) is 20.0 Å². The minimum atomic E-state index is -0.337. The molecule has 1 aromatic rings. The molecule has 2 aliphatic rings. The standard InChI is InChI=1S/C20H31N5O3/c1-21-19(22-15-20(8-4-5-9-20)18(27)23(2)3)25-12-10-24(11-13-25)17(26)16-7-6-14-28-16/h6-7,14H,4-5,8-13,15H2,1-3H3,(H,21,22). The Hall–Kier alpha value is -2.51. The molecule has 3 rings (SSSR count). The number of carbonyl (C=O) groups excluding carboxylic acids is 2. The number of hydrogen-bond acceptors (Lipinski definition) is 4. The van der Waals surface area contributed by atoms with Gasteiger partial charge in [0.05, 0.1) is 11.7 Å². The predicted octanol–water partition coefficient (Wildman–Crippen LogP) is 1.26. The third-order valence-corrected chi connectivity index (χ3v) is 5.82. The number of carbonyl (C=O) groups is 2.